The predicted octanol–water partition coefficient (Wildman–Crippen LogP) is 7.70. The third-order valence-corrected chi connectivity index (χ3v) is 12.0. The number of aliphatic imine (C=N–C) groups is 1. The number of halogens is 1. The Hall–Kier alpha value is -1.97. The molecular formula is C28H44BrN3O4Si. The lowest BCUT2D eigenvalue weighted by Gasteiger charge is -2.36. The highest BCUT2D eigenvalue weighted by Crippen LogP contribution is 2.37. The van der Waals surface area contributed by atoms with E-state index < -0.39 is 19.9 Å². The third-order valence-electron chi connectivity index (χ3n) is 6.94. The SMILES string of the molecule is CCCN(CCCO[Si](C)(C)C(C)(C)C)C(=O)C1=Cc2ccc(Br)cc2N=C(N(C(=O)O)C(C)(C)C)C1. The van der Waals surface area contributed by atoms with Crippen LogP contribution in [-0.2, 0) is 9.22 Å². The lowest BCUT2D eigenvalue weighted by Crippen LogP contribution is -2.49. The molecule has 37 heavy (non-hydrogen) atoms. The van der Waals surface area contributed by atoms with Gasteiger partial charge in [0, 0.05) is 47.3 Å². The second-order valence-electron chi connectivity index (χ2n) is 12.1. The summed E-state index contributed by atoms with van der Waals surface area (Å²) >= 11 is 3.49. The number of carbonyl (C=O) groups is 2. The summed E-state index contributed by atoms with van der Waals surface area (Å²) in [7, 11) is -1.85. The van der Waals surface area contributed by atoms with Crippen molar-refractivity contribution in [3.8, 4) is 0 Å². The zero-order valence-electron chi connectivity index (χ0n) is 23.9. The zero-order chi connectivity index (χ0) is 28.2. The summed E-state index contributed by atoms with van der Waals surface area (Å²) in [6.07, 6.45) is 2.48. The van der Waals surface area contributed by atoms with Gasteiger partial charge < -0.3 is 14.4 Å². The van der Waals surface area contributed by atoms with Gasteiger partial charge >= 0.3 is 6.09 Å². The van der Waals surface area contributed by atoms with Crippen molar-refractivity contribution < 1.29 is 19.1 Å². The number of hydrogen-bond donors (Lipinski definition) is 1. The molecule has 0 fully saturated rings. The Balaban J connectivity index is 2.36. The first-order valence-electron chi connectivity index (χ1n) is 13.0. The van der Waals surface area contributed by atoms with Crippen molar-refractivity contribution in [1.82, 2.24) is 9.80 Å². The monoisotopic (exact) mass is 593 g/mol. The van der Waals surface area contributed by atoms with Crippen molar-refractivity contribution in [2.24, 2.45) is 4.99 Å². The van der Waals surface area contributed by atoms with Gasteiger partial charge in [0.05, 0.1) is 5.69 Å². The Morgan fingerprint density at radius 1 is 1.14 bits per heavy atom. The molecule has 1 heterocycles. The van der Waals surface area contributed by atoms with Gasteiger partial charge in [-0.3, -0.25) is 9.69 Å². The molecule has 1 aliphatic heterocycles. The van der Waals surface area contributed by atoms with Gasteiger partial charge in [-0.2, -0.15) is 0 Å². The topological polar surface area (TPSA) is 82.4 Å². The van der Waals surface area contributed by atoms with Crippen molar-refractivity contribution >= 4 is 53.8 Å². The highest BCUT2D eigenvalue weighted by molar-refractivity contribution is 9.10. The lowest BCUT2D eigenvalue weighted by molar-refractivity contribution is -0.127. The number of carboxylic acid groups (broad SMARTS) is 1. The van der Waals surface area contributed by atoms with Crippen molar-refractivity contribution in [2.45, 2.75) is 91.4 Å². The van der Waals surface area contributed by atoms with Gasteiger partial charge in [0.15, 0.2) is 8.32 Å². The zero-order valence-corrected chi connectivity index (χ0v) is 26.5. The molecule has 0 bridgehead atoms. The number of amidine groups is 1. The normalized spacial score (nSPS) is 14.3. The molecule has 0 saturated carbocycles. The Bertz CT molecular complexity index is 1050. The number of nitrogens with zero attached hydrogens (tertiary/aromatic N) is 3. The summed E-state index contributed by atoms with van der Waals surface area (Å²) in [6.45, 7) is 20.5. The van der Waals surface area contributed by atoms with Gasteiger partial charge in [-0.15, -0.1) is 0 Å². The van der Waals surface area contributed by atoms with Crippen LogP contribution in [0.3, 0.4) is 0 Å². The molecule has 1 aliphatic rings. The Labute approximate surface area is 232 Å². The molecule has 1 aromatic rings. The summed E-state index contributed by atoms with van der Waals surface area (Å²) in [6, 6.07) is 5.65. The molecule has 0 unspecified atom stereocenters. The van der Waals surface area contributed by atoms with E-state index in [2.05, 4.69) is 56.7 Å². The van der Waals surface area contributed by atoms with Crippen LogP contribution in [-0.4, -0.2) is 66.3 Å². The van der Waals surface area contributed by atoms with Crippen LogP contribution in [0.25, 0.3) is 6.08 Å². The molecule has 0 aromatic heterocycles. The highest BCUT2D eigenvalue weighted by atomic mass is 79.9. The van der Waals surface area contributed by atoms with Crippen molar-refractivity contribution in [2.75, 3.05) is 19.7 Å². The number of amides is 2. The fourth-order valence-electron chi connectivity index (χ4n) is 3.96. The summed E-state index contributed by atoms with van der Waals surface area (Å²) in [5.74, 6) is 0.256. The number of benzene rings is 1. The molecule has 0 atom stereocenters. The number of rotatable bonds is 8. The molecule has 1 aromatic carbocycles. The highest BCUT2D eigenvalue weighted by Gasteiger charge is 2.37. The van der Waals surface area contributed by atoms with Gasteiger partial charge in [-0.25, -0.2) is 9.79 Å². The largest absolute Gasteiger partial charge is 0.465 e. The van der Waals surface area contributed by atoms with E-state index in [4.69, 9.17) is 9.42 Å². The maximum atomic E-state index is 13.9. The Morgan fingerprint density at radius 2 is 1.78 bits per heavy atom. The predicted molar refractivity (Wildman–Crippen MR) is 158 cm³/mol. The van der Waals surface area contributed by atoms with Crippen LogP contribution in [0.1, 0.15) is 73.3 Å². The molecule has 2 rings (SSSR count). The van der Waals surface area contributed by atoms with Crippen LogP contribution >= 0.6 is 15.9 Å². The fourth-order valence-corrected chi connectivity index (χ4v) is 5.40. The third kappa shape index (κ3) is 8.25. The molecule has 0 radical (unpaired) electrons. The maximum Gasteiger partial charge on any atom is 0.413 e. The standard InChI is InChI=1S/C28H44BrN3O4Si/c1-10-14-31(15-11-16-36-37(8,9)28(5,6)7)25(33)21-17-20-12-13-22(29)19-23(20)30-24(18-21)32(26(34)35)27(2,3)4/h12-13,17,19H,10-11,14-16,18H2,1-9H3,(H,34,35). The van der Waals surface area contributed by atoms with E-state index in [1.807, 2.05) is 49.9 Å². The van der Waals surface area contributed by atoms with Crippen LogP contribution < -0.4 is 0 Å². The summed E-state index contributed by atoms with van der Waals surface area (Å²) in [5, 5.41) is 10.2. The summed E-state index contributed by atoms with van der Waals surface area (Å²) in [5.41, 5.74) is 1.24. The minimum atomic E-state index is -1.85. The number of carbonyl (C=O) groups excluding carboxylic acids is 1. The van der Waals surface area contributed by atoms with E-state index in [0.29, 0.717) is 36.8 Å². The summed E-state index contributed by atoms with van der Waals surface area (Å²) in [4.78, 5) is 34.0. The van der Waals surface area contributed by atoms with E-state index in [1.165, 1.54) is 4.90 Å². The molecule has 0 aliphatic carbocycles. The minimum absolute atomic E-state index is 0.0862. The van der Waals surface area contributed by atoms with Crippen LogP contribution in [0, 0.1) is 0 Å². The minimum Gasteiger partial charge on any atom is -0.465 e. The lowest BCUT2D eigenvalue weighted by atomic mass is 10.0. The van der Waals surface area contributed by atoms with Crippen molar-refractivity contribution in [1.29, 1.82) is 0 Å². The fraction of sp³-hybridized carbons (Fsp3) is 0.607. The average Bonchev–Trinajstić information content (AvgIpc) is 2.92. The van der Waals surface area contributed by atoms with E-state index in [9.17, 15) is 14.7 Å². The van der Waals surface area contributed by atoms with Gasteiger partial charge in [0.2, 0.25) is 5.91 Å². The van der Waals surface area contributed by atoms with Gasteiger partial charge in [-0.05, 0) is 70.0 Å². The van der Waals surface area contributed by atoms with E-state index in [-0.39, 0.29) is 17.4 Å². The van der Waals surface area contributed by atoms with Gasteiger partial charge in [0.25, 0.3) is 0 Å². The molecule has 2 amide bonds. The first kappa shape index (κ1) is 31.2. The molecular weight excluding hydrogens is 550 g/mol. The second kappa shape index (κ2) is 12.3. The first-order chi connectivity index (χ1) is 17.0. The van der Waals surface area contributed by atoms with E-state index in [1.54, 1.807) is 0 Å². The second-order valence-corrected chi connectivity index (χ2v) is 17.8. The molecule has 206 valence electrons. The van der Waals surface area contributed by atoms with Gasteiger partial charge in [0.1, 0.15) is 5.84 Å². The van der Waals surface area contributed by atoms with Crippen LogP contribution in [0.5, 0.6) is 0 Å². The van der Waals surface area contributed by atoms with E-state index >= 15 is 0 Å². The van der Waals surface area contributed by atoms with Crippen LogP contribution in [0.2, 0.25) is 18.1 Å². The molecule has 1 N–H and O–H groups in total. The van der Waals surface area contributed by atoms with Crippen LogP contribution in [0.4, 0.5) is 10.5 Å². The average molecular weight is 595 g/mol. The molecule has 0 saturated heterocycles. The van der Waals surface area contributed by atoms with Gasteiger partial charge in [-0.1, -0.05) is 49.7 Å². The Morgan fingerprint density at radius 3 is 2.32 bits per heavy atom. The summed E-state index contributed by atoms with van der Waals surface area (Å²) < 4.78 is 7.17. The number of hydrogen-bond acceptors (Lipinski definition) is 4. The molecule has 9 heteroatoms. The van der Waals surface area contributed by atoms with Crippen molar-refractivity contribution in [3.63, 3.8) is 0 Å². The quantitative estimate of drug-likeness (QED) is 0.247. The maximum absolute atomic E-state index is 13.9. The molecule has 7 nitrogen and oxygen atoms in total. The smallest absolute Gasteiger partial charge is 0.413 e. The number of fused-ring (bicyclic) bond motifs is 1. The van der Waals surface area contributed by atoms with E-state index in [0.717, 1.165) is 22.9 Å². The Kier molecular flexibility index (Phi) is 10.4. The molecule has 0 spiro atoms. The first-order valence-corrected chi connectivity index (χ1v) is 16.7. The van der Waals surface area contributed by atoms with Crippen molar-refractivity contribution in [3.05, 3.63) is 33.8 Å². The van der Waals surface area contributed by atoms with Crippen LogP contribution in [0.15, 0.2) is 33.2 Å².